The van der Waals surface area contributed by atoms with Crippen molar-refractivity contribution in [2.75, 3.05) is 12.1 Å². The van der Waals surface area contributed by atoms with Crippen molar-refractivity contribution < 1.29 is 14.3 Å². The lowest BCUT2D eigenvalue weighted by Gasteiger charge is -2.10. The number of anilines is 1. The normalized spacial score (nSPS) is 18.2. The molecule has 0 radical (unpaired) electrons. The summed E-state index contributed by atoms with van der Waals surface area (Å²) in [5.41, 5.74) is 1.43. The van der Waals surface area contributed by atoms with Crippen LogP contribution in [0.5, 0.6) is 0 Å². The summed E-state index contributed by atoms with van der Waals surface area (Å²) in [6, 6.07) is 7.65. The first-order valence-electron chi connectivity index (χ1n) is 6.41. The fourth-order valence-electron chi connectivity index (χ4n) is 2.18. The molecule has 1 atom stereocenters. The Hall–Kier alpha value is -2.28. The van der Waals surface area contributed by atoms with E-state index in [0.717, 1.165) is 10.2 Å². The van der Waals surface area contributed by atoms with Crippen molar-refractivity contribution in [2.45, 2.75) is 13.3 Å². The fourth-order valence-corrected chi connectivity index (χ4v) is 3.10. The summed E-state index contributed by atoms with van der Waals surface area (Å²) < 4.78 is 5.61. The Morgan fingerprint density at radius 3 is 2.90 bits per heavy atom. The second-order valence-corrected chi connectivity index (χ2v) is 5.70. The zero-order valence-electron chi connectivity index (χ0n) is 11.6. The van der Waals surface area contributed by atoms with Gasteiger partial charge in [0.15, 0.2) is 0 Å². The van der Waals surface area contributed by atoms with E-state index in [9.17, 15) is 9.59 Å². The monoisotopic (exact) mass is 303 g/mol. The highest BCUT2D eigenvalue weighted by molar-refractivity contribution is 7.22. The summed E-state index contributed by atoms with van der Waals surface area (Å²) in [7, 11) is 1.31. The molecule has 3 rings (SSSR count). The van der Waals surface area contributed by atoms with Crippen molar-refractivity contribution in [3.05, 3.63) is 24.3 Å². The van der Waals surface area contributed by atoms with Gasteiger partial charge in [-0.15, -0.1) is 0 Å². The SMILES string of the molecule is COC(=O)CC1C(=O)N(c2nc3ccccc3s2)N=C1C. The molecule has 0 aliphatic carbocycles. The van der Waals surface area contributed by atoms with Gasteiger partial charge in [0.05, 0.1) is 29.7 Å². The van der Waals surface area contributed by atoms with Crippen LogP contribution in [0, 0.1) is 5.92 Å². The average Bonchev–Trinajstić information content (AvgIpc) is 3.02. The largest absolute Gasteiger partial charge is 0.469 e. The maximum Gasteiger partial charge on any atom is 0.306 e. The van der Waals surface area contributed by atoms with Crippen LogP contribution in [-0.4, -0.2) is 29.7 Å². The highest BCUT2D eigenvalue weighted by Crippen LogP contribution is 2.32. The van der Waals surface area contributed by atoms with Crippen molar-refractivity contribution >= 4 is 44.3 Å². The molecule has 0 bridgehead atoms. The fraction of sp³-hybridized carbons (Fsp3) is 0.286. The van der Waals surface area contributed by atoms with E-state index in [-0.39, 0.29) is 12.3 Å². The van der Waals surface area contributed by atoms with Crippen LogP contribution < -0.4 is 5.01 Å². The van der Waals surface area contributed by atoms with E-state index in [2.05, 4.69) is 14.8 Å². The van der Waals surface area contributed by atoms with Gasteiger partial charge in [-0.3, -0.25) is 9.59 Å². The van der Waals surface area contributed by atoms with E-state index >= 15 is 0 Å². The first-order chi connectivity index (χ1) is 10.1. The number of esters is 1. The molecular formula is C14H13N3O3S. The number of benzene rings is 1. The van der Waals surface area contributed by atoms with Gasteiger partial charge < -0.3 is 4.74 Å². The van der Waals surface area contributed by atoms with Crippen molar-refractivity contribution in [2.24, 2.45) is 11.0 Å². The topological polar surface area (TPSA) is 71.9 Å². The molecule has 1 amide bonds. The maximum absolute atomic E-state index is 12.4. The molecule has 1 aliphatic rings. The molecule has 0 N–H and O–H groups in total. The van der Waals surface area contributed by atoms with Crippen LogP contribution in [0.4, 0.5) is 5.13 Å². The predicted molar refractivity (Wildman–Crippen MR) is 80.3 cm³/mol. The molecule has 1 aliphatic heterocycles. The number of carbonyl (C=O) groups excluding carboxylic acids is 2. The van der Waals surface area contributed by atoms with Gasteiger partial charge in [-0.25, -0.2) is 4.98 Å². The number of amides is 1. The molecule has 1 aromatic heterocycles. The third-order valence-corrected chi connectivity index (χ3v) is 4.34. The lowest BCUT2D eigenvalue weighted by molar-refractivity contribution is -0.142. The van der Waals surface area contributed by atoms with E-state index in [4.69, 9.17) is 0 Å². The second-order valence-electron chi connectivity index (χ2n) is 4.69. The van der Waals surface area contributed by atoms with E-state index in [1.54, 1.807) is 6.92 Å². The lowest BCUT2D eigenvalue weighted by atomic mass is 10.0. The second kappa shape index (κ2) is 5.25. The number of fused-ring (bicyclic) bond motifs is 1. The number of hydrazone groups is 1. The first kappa shape index (κ1) is 13.7. The number of ether oxygens (including phenoxy) is 1. The summed E-state index contributed by atoms with van der Waals surface area (Å²) in [5, 5.41) is 6.05. The van der Waals surface area contributed by atoms with Crippen molar-refractivity contribution in [3.8, 4) is 0 Å². The lowest BCUT2D eigenvalue weighted by Crippen LogP contribution is -2.28. The van der Waals surface area contributed by atoms with Gasteiger partial charge >= 0.3 is 5.97 Å². The minimum atomic E-state index is -0.565. The van der Waals surface area contributed by atoms with Gasteiger partial charge in [0.2, 0.25) is 5.13 Å². The maximum atomic E-state index is 12.4. The third kappa shape index (κ3) is 2.40. The zero-order valence-corrected chi connectivity index (χ0v) is 12.4. The summed E-state index contributed by atoms with van der Waals surface area (Å²) in [6.07, 6.45) is 0.00601. The molecular weight excluding hydrogens is 290 g/mol. The minimum Gasteiger partial charge on any atom is -0.469 e. The van der Waals surface area contributed by atoms with Gasteiger partial charge in [-0.2, -0.15) is 10.1 Å². The van der Waals surface area contributed by atoms with Crippen LogP contribution in [0.2, 0.25) is 0 Å². The van der Waals surface area contributed by atoms with Crippen LogP contribution >= 0.6 is 11.3 Å². The average molecular weight is 303 g/mol. The molecule has 7 heteroatoms. The standard InChI is InChI=1S/C14H13N3O3S/c1-8-9(7-12(18)20-2)13(19)17(16-8)14-15-10-5-3-4-6-11(10)21-14/h3-6,9H,7H2,1-2H3. The Morgan fingerprint density at radius 2 is 2.19 bits per heavy atom. The summed E-state index contributed by atoms with van der Waals surface area (Å²) in [6.45, 7) is 1.73. The Bertz CT molecular complexity index is 720. The number of para-hydroxylation sites is 1. The number of thiazole rings is 1. The van der Waals surface area contributed by atoms with Crippen LogP contribution in [0.3, 0.4) is 0 Å². The van der Waals surface area contributed by atoms with E-state index < -0.39 is 11.9 Å². The molecule has 6 nitrogen and oxygen atoms in total. The number of carbonyl (C=O) groups is 2. The number of methoxy groups -OCH3 is 1. The van der Waals surface area contributed by atoms with Crippen LogP contribution in [-0.2, 0) is 14.3 Å². The summed E-state index contributed by atoms with van der Waals surface area (Å²) in [5.74, 6) is -1.23. The van der Waals surface area contributed by atoms with E-state index in [1.807, 2.05) is 24.3 Å². The van der Waals surface area contributed by atoms with Crippen molar-refractivity contribution in [3.63, 3.8) is 0 Å². The van der Waals surface area contributed by atoms with Gasteiger partial charge in [-0.05, 0) is 19.1 Å². The molecule has 2 aromatic rings. The van der Waals surface area contributed by atoms with Crippen LogP contribution in [0.15, 0.2) is 29.4 Å². The van der Waals surface area contributed by atoms with Gasteiger partial charge in [0.25, 0.3) is 5.91 Å². The van der Waals surface area contributed by atoms with Crippen molar-refractivity contribution in [1.82, 2.24) is 4.98 Å². The van der Waals surface area contributed by atoms with E-state index in [0.29, 0.717) is 10.8 Å². The number of hydrogen-bond donors (Lipinski definition) is 0. The number of aromatic nitrogens is 1. The molecule has 2 heterocycles. The smallest absolute Gasteiger partial charge is 0.306 e. The zero-order chi connectivity index (χ0) is 15.0. The first-order valence-corrected chi connectivity index (χ1v) is 7.23. The molecule has 0 fully saturated rings. The number of rotatable bonds is 3. The molecule has 21 heavy (non-hydrogen) atoms. The highest BCUT2D eigenvalue weighted by Gasteiger charge is 2.37. The molecule has 0 saturated carbocycles. The summed E-state index contributed by atoms with van der Waals surface area (Å²) in [4.78, 5) is 28.2. The van der Waals surface area contributed by atoms with Crippen LogP contribution in [0.25, 0.3) is 10.2 Å². The number of hydrogen-bond acceptors (Lipinski definition) is 6. The Kier molecular flexibility index (Phi) is 3.42. The Morgan fingerprint density at radius 1 is 1.43 bits per heavy atom. The molecule has 1 unspecified atom stereocenters. The molecule has 0 spiro atoms. The summed E-state index contributed by atoms with van der Waals surface area (Å²) >= 11 is 1.40. The number of nitrogens with zero attached hydrogens (tertiary/aromatic N) is 3. The molecule has 1 aromatic carbocycles. The molecule has 108 valence electrons. The van der Waals surface area contributed by atoms with Crippen LogP contribution in [0.1, 0.15) is 13.3 Å². The van der Waals surface area contributed by atoms with E-state index in [1.165, 1.54) is 23.5 Å². The highest BCUT2D eigenvalue weighted by atomic mass is 32.1. The quantitative estimate of drug-likeness (QED) is 0.815. The third-order valence-electron chi connectivity index (χ3n) is 3.33. The minimum absolute atomic E-state index is 0.00601. The van der Waals surface area contributed by atoms with Gasteiger partial charge in [0.1, 0.15) is 0 Å². The van der Waals surface area contributed by atoms with Gasteiger partial charge in [0, 0.05) is 5.71 Å². The van der Waals surface area contributed by atoms with Gasteiger partial charge in [-0.1, -0.05) is 23.5 Å². The van der Waals surface area contributed by atoms with Crippen molar-refractivity contribution in [1.29, 1.82) is 0 Å². The Labute approximate surface area is 125 Å². The Balaban J connectivity index is 1.90. The molecule has 0 saturated heterocycles. The predicted octanol–water partition coefficient (Wildman–Crippen LogP) is 2.20.